The number of carbonyl (C=O) groups excluding carboxylic acids is 1. The minimum absolute atomic E-state index is 0.191. The monoisotopic (exact) mass is 280 g/mol. The van der Waals surface area contributed by atoms with Gasteiger partial charge in [-0.2, -0.15) is 0 Å². The van der Waals surface area contributed by atoms with Crippen molar-refractivity contribution in [2.24, 2.45) is 0 Å². The minimum atomic E-state index is -0.459. The van der Waals surface area contributed by atoms with Gasteiger partial charge in [0, 0.05) is 37.9 Å². The van der Waals surface area contributed by atoms with Crippen LogP contribution in [0.5, 0.6) is 0 Å². The Morgan fingerprint density at radius 1 is 1.45 bits per heavy atom. The van der Waals surface area contributed by atoms with Gasteiger partial charge in [-0.25, -0.2) is 4.39 Å². The number of likely N-dealkylation sites (N-methyl/N-ethyl adjacent to an activating group) is 2. The second-order valence-electron chi connectivity index (χ2n) is 5.34. The molecule has 0 aliphatic carbocycles. The van der Waals surface area contributed by atoms with E-state index in [4.69, 9.17) is 5.73 Å². The van der Waals surface area contributed by atoms with Gasteiger partial charge < -0.3 is 16.0 Å². The molecule has 0 aromatic heterocycles. The number of carbonyl (C=O) groups is 1. The van der Waals surface area contributed by atoms with E-state index in [9.17, 15) is 9.18 Å². The molecular weight excluding hydrogens is 259 g/mol. The summed E-state index contributed by atoms with van der Waals surface area (Å²) in [5.74, 6) is -0.789. The molecule has 1 heterocycles. The standard InChI is InChI=1S/C14H21FN4O/c1-18-5-6-19(2)11(9-18)8-17-14(20)12-7-10(15)3-4-13(12)16/h3-4,7,11H,5-6,8-9,16H2,1-2H3,(H,17,20). The van der Waals surface area contributed by atoms with Crippen molar-refractivity contribution in [2.45, 2.75) is 6.04 Å². The van der Waals surface area contributed by atoms with Crippen molar-refractivity contribution >= 4 is 11.6 Å². The van der Waals surface area contributed by atoms with Crippen LogP contribution in [0.15, 0.2) is 18.2 Å². The molecule has 1 aliphatic heterocycles. The highest BCUT2D eigenvalue weighted by molar-refractivity contribution is 5.99. The zero-order chi connectivity index (χ0) is 14.7. The fourth-order valence-corrected chi connectivity index (χ4v) is 2.35. The number of nitrogens with zero attached hydrogens (tertiary/aromatic N) is 2. The molecule has 0 radical (unpaired) electrons. The number of nitrogens with two attached hydrogens (primary N) is 1. The lowest BCUT2D eigenvalue weighted by Gasteiger charge is -2.37. The summed E-state index contributed by atoms with van der Waals surface area (Å²) in [4.78, 5) is 16.5. The molecule has 1 fully saturated rings. The predicted octanol–water partition coefficient (Wildman–Crippen LogP) is 0.384. The summed E-state index contributed by atoms with van der Waals surface area (Å²) in [6.07, 6.45) is 0. The number of anilines is 1. The van der Waals surface area contributed by atoms with Crippen molar-refractivity contribution in [3.8, 4) is 0 Å². The average Bonchev–Trinajstić information content (AvgIpc) is 2.42. The third-order valence-corrected chi connectivity index (χ3v) is 3.74. The lowest BCUT2D eigenvalue weighted by Crippen LogP contribution is -2.54. The summed E-state index contributed by atoms with van der Waals surface area (Å²) in [7, 11) is 4.10. The van der Waals surface area contributed by atoms with Gasteiger partial charge in [0.15, 0.2) is 0 Å². The van der Waals surface area contributed by atoms with Crippen molar-refractivity contribution in [2.75, 3.05) is 46.0 Å². The average molecular weight is 280 g/mol. The molecule has 5 nitrogen and oxygen atoms in total. The zero-order valence-electron chi connectivity index (χ0n) is 11.9. The van der Waals surface area contributed by atoms with Gasteiger partial charge >= 0.3 is 0 Å². The molecule has 1 atom stereocenters. The van der Waals surface area contributed by atoms with Crippen LogP contribution in [-0.2, 0) is 0 Å². The van der Waals surface area contributed by atoms with Gasteiger partial charge in [0.2, 0.25) is 0 Å². The van der Waals surface area contributed by atoms with Gasteiger partial charge in [-0.1, -0.05) is 0 Å². The number of piperazine rings is 1. The van der Waals surface area contributed by atoms with Crippen LogP contribution in [0.25, 0.3) is 0 Å². The van der Waals surface area contributed by atoms with E-state index < -0.39 is 5.82 Å². The molecule has 20 heavy (non-hydrogen) atoms. The van der Waals surface area contributed by atoms with E-state index in [0.717, 1.165) is 19.6 Å². The summed E-state index contributed by atoms with van der Waals surface area (Å²) in [6, 6.07) is 4.08. The number of benzene rings is 1. The first-order valence-corrected chi connectivity index (χ1v) is 6.69. The Kier molecular flexibility index (Phi) is 4.57. The van der Waals surface area contributed by atoms with Crippen LogP contribution in [-0.4, -0.2) is 62.0 Å². The third-order valence-electron chi connectivity index (χ3n) is 3.74. The number of nitrogen functional groups attached to an aromatic ring is 1. The van der Waals surface area contributed by atoms with Gasteiger partial charge in [-0.05, 0) is 32.3 Å². The van der Waals surface area contributed by atoms with E-state index in [1.54, 1.807) is 0 Å². The molecule has 0 bridgehead atoms. The Hall–Kier alpha value is -1.66. The maximum atomic E-state index is 13.2. The summed E-state index contributed by atoms with van der Waals surface area (Å²) in [5.41, 5.74) is 6.18. The maximum absolute atomic E-state index is 13.2. The molecule has 1 aromatic rings. The minimum Gasteiger partial charge on any atom is -0.398 e. The first-order valence-electron chi connectivity index (χ1n) is 6.69. The number of halogens is 1. The van der Waals surface area contributed by atoms with Crippen LogP contribution in [0.4, 0.5) is 10.1 Å². The van der Waals surface area contributed by atoms with Crippen LogP contribution >= 0.6 is 0 Å². The molecule has 1 amide bonds. The number of hydrogen-bond acceptors (Lipinski definition) is 4. The van der Waals surface area contributed by atoms with E-state index in [0.29, 0.717) is 6.54 Å². The van der Waals surface area contributed by atoms with Gasteiger partial charge in [0.25, 0.3) is 5.91 Å². The molecule has 3 N–H and O–H groups in total. The number of hydrogen-bond donors (Lipinski definition) is 2. The molecule has 2 rings (SSSR count). The highest BCUT2D eigenvalue weighted by Gasteiger charge is 2.23. The van der Waals surface area contributed by atoms with Crippen molar-refractivity contribution < 1.29 is 9.18 Å². The van der Waals surface area contributed by atoms with Crippen LogP contribution in [0.2, 0.25) is 0 Å². The van der Waals surface area contributed by atoms with Gasteiger partial charge in [0.1, 0.15) is 5.82 Å². The smallest absolute Gasteiger partial charge is 0.253 e. The number of amides is 1. The van der Waals surface area contributed by atoms with Crippen LogP contribution in [0.1, 0.15) is 10.4 Å². The summed E-state index contributed by atoms with van der Waals surface area (Å²) < 4.78 is 13.2. The van der Waals surface area contributed by atoms with E-state index in [-0.39, 0.29) is 23.2 Å². The third kappa shape index (κ3) is 3.46. The van der Waals surface area contributed by atoms with E-state index in [1.807, 2.05) is 7.05 Å². The molecule has 6 heteroatoms. The molecule has 0 saturated carbocycles. The Morgan fingerprint density at radius 2 is 2.20 bits per heavy atom. The second-order valence-corrected chi connectivity index (χ2v) is 5.34. The van der Waals surface area contributed by atoms with E-state index in [2.05, 4.69) is 22.2 Å². The highest BCUT2D eigenvalue weighted by Crippen LogP contribution is 2.13. The van der Waals surface area contributed by atoms with Gasteiger partial charge in [-0.15, -0.1) is 0 Å². The Morgan fingerprint density at radius 3 is 2.95 bits per heavy atom. The topological polar surface area (TPSA) is 61.6 Å². The summed E-state index contributed by atoms with van der Waals surface area (Å²) >= 11 is 0. The van der Waals surface area contributed by atoms with Crippen LogP contribution in [0, 0.1) is 5.82 Å². The van der Waals surface area contributed by atoms with Gasteiger partial charge in [0.05, 0.1) is 5.56 Å². The van der Waals surface area contributed by atoms with E-state index in [1.165, 1.54) is 18.2 Å². The fraction of sp³-hybridized carbons (Fsp3) is 0.500. The quantitative estimate of drug-likeness (QED) is 0.786. The highest BCUT2D eigenvalue weighted by atomic mass is 19.1. The van der Waals surface area contributed by atoms with Crippen molar-refractivity contribution in [1.82, 2.24) is 15.1 Å². The fourth-order valence-electron chi connectivity index (χ4n) is 2.35. The second kappa shape index (κ2) is 6.19. The van der Waals surface area contributed by atoms with Crippen molar-refractivity contribution in [3.63, 3.8) is 0 Å². The SMILES string of the molecule is CN1CCN(C)C(CNC(=O)c2cc(F)ccc2N)C1. The molecule has 1 aliphatic rings. The molecule has 1 unspecified atom stereocenters. The maximum Gasteiger partial charge on any atom is 0.253 e. The first-order chi connectivity index (χ1) is 9.47. The first kappa shape index (κ1) is 14.7. The summed E-state index contributed by atoms with van der Waals surface area (Å²) in [5, 5.41) is 2.83. The summed E-state index contributed by atoms with van der Waals surface area (Å²) in [6.45, 7) is 3.42. The number of nitrogens with one attached hydrogen (secondary N) is 1. The Labute approximate surface area is 118 Å². The molecule has 1 aromatic carbocycles. The molecule has 1 saturated heterocycles. The van der Waals surface area contributed by atoms with Crippen molar-refractivity contribution in [1.29, 1.82) is 0 Å². The number of rotatable bonds is 3. The normalized spacial score (nSPS) is 20.9. The van der Waals surface area contributed by atoms with Crippen LogP contribution < -0.4 is 11.1 Å². The van der Waals surface area contributed by atoms with Crippen LogP contribution in [0.3, 0.4) is 0 Å². The predicted molar refractivity (Wildman–Crippen MR) is 77.1 cm³/mol. The van der Waals surface area contributed by atoms with Crippen molar-refractivity contribution in [3.05, 3.63) is 29.6 Å². The molecule has 110 valence electrons. The Bertz CT molecular complexity index is 494. The zero-order valence-corrected chi connectivity index (χ0v) is 11.9. The lowest BCUT2D eigenvalue weighted by molar-refractivity contribution is 0.0881. The Balaban J connectivity index is 1.96. The molecular formula is C14H21FN4O. The van der Waals surface area contributed by atoms with E-state index >= 15 is 0 Å². The lowest BCUT2D eigenvalue weighted by atomic mass is 10.1. The largest absolute Gasteiger partial charge is 0.398 e. The molecule has 0 spiro atoms. The van der Waals surface area contributed by atoms with Gasteiger partial charge in [-0.3, -0.25) is 9.69 Å².